The Bertz CT molecular complexity index is 634. The van der Waals surface area contributed by atoms with Crippen molar-refractivity contribution < 1.29 is 26.3 Å². The number of thiophene rings is 1. The molecule has 0 saturated carbocycles. The summed E-state index contributed by atoms with van der Waals surface area (Å²) in [5.41, 5.74) is -2.39. The SMILES string of the molecule is Cc1cc(C(F)(F)F)c(-c2cc(C(F)(F)F)n(C)n2)s1. The van der Waals surface area contributed by atoms with Gasteiger partial charge in [-0.2, -0.15) is 31.4 Å². The van der Waals surface area contributed by atoms with Crippen LogP contribution in [-0.2, 0) is 19.4 Å². The van der Waals surface area contributed by atoms with E-state index in [9.17, 15) is 26.3 Å². The molecule has 2 heterocycles. The second-order valence-corrected chi connectivity index (χ2v) is 5.39. The van der Waals surface area contributed by atoms with Gasteiger partial charge in [-0.1, -0.05) is 0 Å². The van der Waals surface area contributed by atoms with E-state index in [2.05, 4.69) is 5.10 Å². The molecule has 0 N–H and O–H groups in total. The van der Waals surface area contributed by atoms with Crippen molar-refractivity contribution in [1.29, 1.82) is 0 Å². The second-order valence-electron chi connectivity index (χ2n) is 4.13. The lowest BCUT2D eigenvalue weighted by Crippen LogP contribution is -2.11. The van der Waals surface area contributed by atoms with E-state index in [1.54, 1.807) is 0 Å². The van der Waals surface area contributed by atoms with Crippen LogP contribution in [0.4, 0.5) is 26.3 Å². The highest BCUT2D eigenvalue weighted by Gasteiger charge is 2.38. The van der Waals surface area contributed by atoms with E-state index in [1.807, 2.05) is 0 Å². The van der Waals surface area contributed by atoms with E-state index in [0.29, 0.717) is 15.6 Å². The molecule has 0 aliphatic carbocycles. The van der Waals surface area contributed by atoms with Crippen molar-refractivity contribution in [1.82, 2.24) is 9.78 Å². The molecule has 0 saturated heterocycles. The predicted octanol–water partition coefficient (Wildman–Crippen LogP) is 4.49. The zero-order valence-electron chi connectivity index (χ0n) is 10.2. The highest BCUT2D eigenvalue weighted by atomic mass is 32.1. The van der Waals surface area contributed by atoms with Gasteiger partial charge < -0.3 is 0 Å². The Hall–Kier alpha value is -1.51. The average molecular weight is 314 g/mol. The van der Waals surface area contributed by atoms with Crippen LogP contribution in [0.3, 0.4) is 0 Å². The summed E-state index contributed by atoms with van der Waals surface area (Å²) in [6.45, 7) is 1.46. The van der Waals surface area contributed by atoms with Crippen LogP contribution in [0.5, 0.6) is 0 Å². The van der Waals surface area contributed by atoms with Crippen molar-refractivity contribution in [2.45, 2.75) is 19.3 Å². The molecule has 110 valence electrons. The maximum absolute atomic E-state index is 12.8. The Morgan fingerprint density at radius 3 is 2.10 bits per heavy atom. The number of hydrogen-bond acceptors (Lipinski definition) is 2. The molecule has 0 fully saturated rings. The van der Waals surface area contributed by atoms with Gasteiger partial charge in [0.05, 0.1) is 10.4 Å². The third kappa shape index (κ3) is 2.67. The van der Waals surface area contributed by atoms with E-state index in [-0.39, 0.29) is 10.6 Å². The molecule has 0 aliphatic heterocycles. The van der Waals surface area contributed by atoms with Crippen LogP contribution in [0, 0.1) is 6.92 Å². The maximum Gasteiger partial charge on any atom is 0.433 e. The minimum absolute atomic E-state index is 0.305. The van der Waals surface area contributed by atoms with Crippen LogP contribution in [0.25, 0.3) is 10.6 Å². The lowest BCUT2D eigenvalue weighted by molar-refractivity contribution is -0.143. The second kappa shape index (κ2) is 4.51. The minimum atomic E-state index is -4.66. The number of aromatic nitrogens is 2. The highest BCUT2D eigenvalue weighted by Crippen LogP contribution is 2.43. The maximum atomic E-state index is 12.8. The number of rotatable bonds is 1. The van der Waals surface area contributed by atoms with E-state index in [0.717, 1.165) is 24.5 Å². The Balaban J connectivity index is 2.59. The number of aryl methyl sites for hydroxylation is 2. The average Bonchev–Trinajstić information content (AvgIpc) is 2.79. The van der Waals surface area contributed by atoms with Crippen molar-refractivity contribution in [3.05, 3.63) is 28.3 Å². The third-order valence-electron chi connectivity index (χ3n) is 2.56. The molecule has 9 heteroatoms. The molecular formula is C11H8F6N2S. The van der Waals surface area contributed by atoms with E-state index in [4.69, 9.17) is 0 Å². The largest absolute Gasteiger partial charge is 0.433 e. The molecule has 2 rings (SSSR count). The number of hydrogen-bond donors (Lipinski definition) is 0. The van der Waals surface area contributed by atoms with Crippen molar-refractivity contribution in [3.63, 3.8) is 0 Å². The Kier molecular flexibility index (Phi) is 3.35. The van der Waals surface area contributed by atoms with Crippen LogP contribution in [0.15, 0.2) is 12.1 Å². The van der Waals surface area contributed by atoms with Crippen LogP contribution >= 0.6 is 11.3 Å². The van der Waals surface area contributed by atoms with E-state index >= 15 is 0 Å². The molecule has 20 heavy (non-hydrogen) atoms. The first-order valence-electron chi connectivity index (χ1n) is 5.29. The first kappa shape index (κ1) is 14.9. The summed E-state index contributed by atoms with van der Waals surface area (Å²) in [5.74, 6) is 0. The number of nitrogens with zero attached hydrogens (tertiary/aromatic N) is 2. The van der Waals surface area contributed by atoms with Crippen LogP contribution in [0.1, 0.15) is 16.1 Å². The van der Waals surface area contributed by atoms with Gasteiger partial charge in [0.1, 0.15) is 11.4 Å². The normalized spacial score (nSPS) is 13.0. The molecule has 0 amide bonds. The fourth-order valence-corrected chi connectivity index (χ4v) is 2.75. The monoisotopic (exact) mass is 314 g/mol. The molecule has 0 aromatic carbocycles. The zero-order chi connectivity index (χ0) is 15.3. The molecule has 0 radical (unpaired) electrons. The third-order valence-corrected chi connectivity index (χ3v) is 3.64. The molecule has 2 aromatic heterocycles. The quantitative estimate of drug-likeness (QED) is 0.709. The Morgan fingerprint density at radius 2 is 1.65 bits per heavy atom. The topological polar surface area (TPSA) is 17.8 Å². The van der Waals surface area contributed by atoms with Crippen LogP contribution < -0.4 is 0 Å². The molecule has 2 aromatic rings. The summed E-state index contributed by atoms with van der Waals surface area (Å²) in [5, 5.41) is 3.54. The van der Waals surface area contributed by atoms with Gasteiger partial charge in [-0.05, 0) is 19.1 Å². The summed E-state index contributed by atoms with van der Waals surface area (Å²) in [6.07, 6.45) is -9.29. The Morgan fingerprint density at radius 1 is 1.05 bits per heavy atom. The molecular weight excluding hydrogens is 306 g/mol. The van der Waals surface area contributed by atoms with Gasteiger partial charge in [0.2, 0.25) is 0 Å². The van der Waals surface area contributed by atoms with Gasteiger partial charge in [-0.15, -0.1) is 11.3 Å². The molecule has 0 bridgehead atoms. The lowest BCUT2D eigenvalue weighted by atomic mass is 10.2. The smallest absolute Gasteiger partial charge is 0.263 e. The van der Waals surface area contributed by atoms with Gasteiger partial charge in [0.25, 0.3) is 0 Å². The summed E-state index contributed by atoms with van der Waals surface area (Å²) in [4.78, 5) is 0.0487. The van der Waals surface area contributed by atoms with Gasteiger partial charge in [-0.3, -0.25) is 4.68 Å². The summed E-state index contributed by atoms with van der Waals surface area (Å²) in [7, 11) is 1.04. The standard InChI is InChI=1S/C11H8F6N2S/c1-5-3-6(10(12,13)14)9(20-5)7-4-8(11(15,16)17)19(2)18-7/h3-4H,1-2H3. The number of alkyl halides is 6. The zero-order valence-corrected chi connectivity index (χ0v) is 11.0. The van der Waals surface area contributed by atoms with Crippen LogP contribution in [0.2, 0.25) is 0 Å². The first-order chi connectivity index (χ1) is 9.00. The predicted molar refractivity (Wildman–Crippen MR) is 61.3 cm³/mol. The summed E-state index contributed by atoms with van der Waals surface area (Å²) >= 11 is 0.764. The van der Waals surface area contributed by atoms with Crippen molar-refractivity contribution >= 4 is 11.3 Å². The lowest BCUT2D eigenvalue weighted by Gasteiger charge is -2.05. The van der Waals surface area contributed by atoms with Crippen molar-refractivity contribution in [3.8, 4) is 10.6 Å². The van der Waals surface area contributed by atoms with Gasteiger partial charge in [0.15, 0.2) is 0 Å². The Labute approximate surface area is 113 Å². The fraction of sp³-hybridized carbons (Fsp3) is 0.364. The highest BCUT2D eigenvalue weighted by molar-refractivity contribution is 7.15. The first-order valence-corrected chi connectivity index (χ1v) is 6.11. The van der Waals surface area contributed by atoms with Crippen molar-refractivity contribution in [2.24, 2.45) is 7.05 Å². The van der Waals surface area contributed by atoms with Gasteiger partial charge in [0, 0.05) is 11.9 Å². The van der Waals surface area contributed by atoms with Crippen molar-refractivity contribution in [2.75, 3.05) is 0 Å². The van der Waals surface area contributed by atoms with Crippen LogP contribution in [-0.4, -0.2) is 9.78 Å². The number of halogens is 6. The molecule has 2 nitrogen and oxygen atoms in total. The molecule has 0 unspecified atom stereocenters. The van der Waals surface area contributed by atoms with Gasteiger partial charge >= 0.3 is 12.4 Å². The van der Waals surface area contributed by atoms with E-state index < -0.39 is 23.6 Å². The molecule has 0 atom stereocenters. The fourth-order valence-electron chi connectivity index (χ4n) is 1.76. The molecule has 0 aliphatic rings. The van der Waals surface area contributed by atoms with E-state index in [1.165, 1.54) is 6.92 Å². The summed E-state index contributed by atoms with van der Waals surface area (Å²) in [6, 6.07) is 1.53. The minimum Gasteiger partial charge on any atom is -0.263 e. The summed E-state index contributed by atoms with van der Waals surface area (Å²) < 4.78 is 77.0. The molecule has 0 spiro atoms. The van der Waals surface area contributed by atoms with Gasteiger partial charge in [-0.25, -0.2) is 0 Å².